The van der Waals surface area contributed by atoms with Crippen LogP contribution < -0.4 is 16.7 Å². The Morgan fingerprint density at radius 3 is 2.57 bits per heavy atom. The Balaban J connectivity index is 1.60. The number of carbonyl (C=O) groups excluding carboxylic acids is 1. The summed E-state index contributed by atoms with van der Waals surface area (Å²) in [5.74, 6) is 0. The quantitative estimate of drug-likeness (QED) is 0.765. The van der Waals surface area contributed by atoms with E-state index in [1.807, 2.05) is 13.8 Å². The fraction of sp³-hybridized carbons (Fsp3) is 0.600. The van der Waals surface area contributed by atoms with Gasteiger partial charge in [0.15, 0.2) is 0 Å². The molecule has 2 aliphatic heterocycles. The number of rotatable bonds is 4. The second kappa shape index (κ2) is 7.12. The van der Waals surface area contributed by atoms with Crippen LogP contribution in [0.5, 0.6) is 0 Å². The van der Waals surface area contributed by atoms with E-state index in [0.717, 1.165) is 19.5 Å². The van der Waals surface area contributed by atoms with Crippen molar-refractivity contribution in [3.63, 3.8) is 0 Å². The molecule has 0 unspecified atom stereocenters. The first kappa shape index (κ1) is 19.3. The minimum atomic E-state index is -0.408. The van der Waals surface area contributed by atoms with Gasteiger partial charge in [-0.15, -0.1) is 0 Å². The molecule has 3 heterocycles. The summed E-state index contributed by atoms with van der Waals surface area (Å²) in [6.07, 6.45) is 5.78. The summed E-state index contributed by atoms with van der Waals surface area (Å²) >= 11 is 6.17. The molecule has 4 rings (SSSR count). The van der Waals surface area contributed by atoms with Crippen molar-refractivity contribution in [3.8, 4) is 0 Å². The van der Waals surface area contributed by atoms with Gasteiger partial charge in [0, 0.05) is 18.1 Å². The van der Waals surface area contributed by atoms with Crippen LogP contribution in [0, 0.1) is 0 Å². The van der Waals surface area contributed by atoms with Crippen molar-refractivity contribution in [2.45, 2.75) is 57.5 Å². The Kier molecular flexibility index (Phi) is 4.91. The number of hydrogen-bond acceptors (Lipinski definition) is 4. The van der Waals surface area contributed by atoms with Gasteiger partial charge >= 0.3 is 11.7 Å². The van der Waals surface area contributed by atoms with E-state index in [4.69, 9.17) is 17.3 Å². The van der Waals surface area contributed by atoms with Gasteiger partial charge in [0.25, 0.3) is 0 Å². The number of nitrogens with one attached hydrogen (secondary N) is 1. The summed E-state index contributed by atoms with van der Waals surface area (Å²) in [6.45, 7) is 6.69. The molecule has 8 heteroatoms. The largest absolute Gasteiger partial charge is 0.397 e. The van der Waals surface area contributed by atoms with E-state index in [9.17, 15) is 9.59 Å². The SMILES string of the molecule is CC(C)n1c(=O)n(C(=O)NCCC23CCCN2CCC3)c2cc(Cl)c(N)cc21. The van der Waals surface area contributed by atoms with Crippen LogP contribution in [0.15, 0.2) is 16.9 Å². The molecule has 152 valence electrons. The molecular formula is C20H28ClN5O2. The normalized spacial score (nSPS) is 18.9. The molecular weight excluding hydrogens is 378 g/mol. The number of aromatic nitrogens is 2. The highest BCUT2D eigenvalue weighted by Gasteiger charge is 2.43. The van der Waals surface area contributed by atoms with E-state index in [1.165, 1.54) is 30.3 Å². The molecule has 2 aromatic rings. The first-order valence-electron chi connectivity index (χ1n) is 10.1. The van der Waals surface area contributed by atoms with Crippen LogP contribution in [0.25, 0.3) is 11.0 Å². The third-order valence-corrected chi connectivity index (χ3v) is 6.72. The van der Waals surface area contributed by atoms with Crippen LogP contribution in [0.2, 0.25) is 5.02 Å². The van der Waals surface area contributed by atoms with Crippen molar-refractivity contribution >= 4 is 34.4 Å². The van der Waals surface area contributed by atoms with Gasteiger partial charge in [-0.1, -0.05) is 11.6 Å². The van der Waals surface area contributed by atoms with Crippen LogP contribution >= 0.6 is 11.6 Å². The molecule has 0 radical (unpaired) electrons. The van der Waals surface area contributed by atoms with Crippen LogP contribution in [0.3, 0.4) is 0 Å². The third-order valence-electron chi connectivity index (χ3n) is 6.39. The topological polar surface area (TPSA) is 85.3 Å². The number of nitrogen functional groups attached to an aromatic ring is 1. The zero-order valence-electron chi connectivity index (χ0n) is 16.5. The van der Waals surface area contributed by atoms with E-state index in [0.29, 0.717) is 28.3 Å². The number of hydrogen-bond donors (Lipinski definition) is 2. The Morgan fingerprint density at radius 1 is 1.25 bits per heavy atom. The Labute approximate surface area is 169 Å². The zero-order valence-corrected chi connectivity index (χ0v) is 17.3. The lowest BCUT2D eigenvalue weighted by Gasteiger charge is -2.32. The number of carbonyl (C=O) groups is 1. The first-order chi connectivity index (χ1) is 13.3. The fourth-order valence-corrected chi connectivity index (χ4v) is 5.22. The highest BCUT2D eigenvalue weighted by atomic mass is 35.5. The number of imidazole rings is 1. The maximum atomic E-state index is 13.0. The van der Waals surface area contributed by atoms with Crippen molar-refractivity contribution < 1.29 is 4.79 Å². The summed E-state index contributed by atoms with van der Waals surface area (Å²) in [4.78, 5) is 28.5. The minimum absolute atomic E-state index is 0.103. The standard InChI is InChI=1S/C20H28ClN5O2/c1-13(2)25-17-12-15(22)14(21)11-16(17)26(19(25)28)18(27)23-8-7-20-5-3-9-24(20)10-4-6-20/h11-13H,3-10,22H2,1-2H3,(H,23,27). The molecule has 1 aromatic heterocycles. The number of anilines is 1. The van der Waals surface area contributed by atoms with Crippen molar-refractivity contribution in [1.82, 2.24) is 19.4 Å². The van der Waals surface area contributed by atoms with E-state index >= 15 is 0 Å². The molecule has 7 nitrogen and oxygen atoms in total. The average Bonchev–Trinajstić information content (AvgIpc) is 3.25. The molecule has 0 spiro atoms. The van der Waals surface area contributed by atoms with E-state index in [-0.39, 0.29) is 17.3 Å². The summed E-state index contributed by atoms with van der Waals surface area (Å²) in [5.41, 5.74) is 7.29. The second-order valence-corrected chi connectivity index (χ2v) is 8.75. The van der Waals surface area contributed by atoms with Gasteiger partial charge in [-0.25, -0.2) is 14.2 Å². The molecule has 0 atom stereocenters. The number of nitrogens with two attached hydrogens (primary N) is 1. The highest BCUT2D eigenvalue weighted by Crippen LogP contribution is 2.40. The molecule has 2 aliphatic rings. The lowest BCUT2D eigenvalue weighted by Crippen LogP contribution is -2.43. The summed E-state index contributed by atoms with van der Waals surface area (Å²) < 4.78 is 2.76. The Hall–Kier alpha value is -1.99. The predicted octanol–water partition coefficient (Wildman–Crippen LogP) is 3.20. The van der Waals surface area contributed by atoms with Gasteiger partial charge in [-0.2, -0.15) is 0 Å². The van der Waals surface area contributed by atoms with E-state index in [1.54, 1.807) is 16.7 Å². The Morgan fingerprint density at radius 2 is 1.93 bits per heavy atom. The summed E-state index contributed by atoms with van der Waals surface area (Å²) in [5, 5.41) is 3.30. The molecule has 0 saturated carbocycles. The van der Waals surface area contributed by atoms with Gasteiger partial charge in [0.2, 0.25) is 0 Å². The van der Waals surface area contributed by atoms with Gasteiger partial charge < -0.3 is 11.1 Å². The third kappa shape index (κ3) is 3.01. The molecule has 3 N–H and O–H groups in total. The maximum absolute atomic E-state index is 13.0. The van der Waals surface area contributed by atoms with E-state index in [2.05, 4.69) is 10.2 Å². The average molecular weight is 406 g/mol. The first-order valence-corrected chi connectivity index (χ1v) is 10.5. The molecule has 1 aromatic carbocycles. The molecule has 1 amide bonds. The van der Waals surface area contributed by atoms with Crippen LogP contribution in [0.4, 0.5) is 10.5 Å². The van der Waals surface area contributed by atoms with Crippen molar-refractivity contribution in [2.24, 2.45) is 0 Å². The van der Waals surface area contributed by atoms with Crippen LogP contribution in [-0.2, 0) is 0 Å². The lowest BCUT2D eigenvalue weighted by atomic mass is 9.90. The zero-order chi connectivity index (χ0) is 20.1. The van der Waals surface area contributed by atoms with Gasteiger partial charge in [0.05, 0.1) is 21.7 Å². The fourth-order valence-electron chi connectivity index (χ4n) is 5.06. The molecule has 2 saturated heterocycles. The van der Waals surface area contributed by atoms with Gasteiger partial charge in [0.1, 0.15) is 0 Å². The van der Waals surface area contributed by atoms with Gasteiger partial charge in [-0.3, -0.25) is 9.47 Å². The van der Waals surface area contributed by atoms with Crippen LogP contribution in [-0.4, -0.2) is 45.2 Å². The summed E-state index contributed by atoms with van der Waals surface area (Å²) in [7, 11) is 0. The predicted molar refractivity (Wildman–Crippen MR) is 112 cm³/mol. The number of amides is 1. The Bertz CT molecular complexity index is 967. The van der Waals surface area contributed by atoms with Crippen LogP contribution in [0.1, 0.15) is 52.0 Å². The van der Waals surface area contributed by atoms with Crippen molar-refractivity contribution in [3.05, 3.63) is 27.6 Å². The molecule has 28 heavy (non-hydrogen) atoms. The minimum Gasteiger partial charge on any atom is -0.397 e. The second-order valence-electron chi connectivity index (χ2n) is 8.34. The molecule has 2 fully saturated rings. The van der Waals surface area contributed by atoms with Crippen molar-refractivity contribution in [1.29, 1.82) is 0 Å². The monoisotopic (exact) mass is 405 g/mol. The van der Waals surface area contributed by atoms with Gasteiger partial charge in [-0.05, 0) is 71.2 Å². The van der Waals surface area contributed by atoms with Crippen molar-refractivity contribution in [2.75, 3.05) is 25.4 Å². The lowest BCUT2D eigenvalue weighted by molar-refractivity contribution is 0.181. The smallest absolute Gasteiger partial charge is 0.337 e. The number of nitrogens with zero attached hydrogens (tertiary/aromatic N) is 3. The summed E-state index contributed by atoms with van der Waals surface area (Å²) in [6, 6.07) is 2.75. The number of halogens is 1. The van der Waals surface area contributed by atoms with E-state index < -0.39 is 6.03 Å². The maximum Gasteiger partial charge on any atom is 0.337 e. The molecule has 0 aliphatic carbocycles. The number of benzene rings is 1. The number of fused-ring (bicyclic) bond motifs is 2. The highest BCUT2D eigenvalue weighted by molar-refractivity contribution is 6.33. The molecule has 0 bridgehead atoms.